The Hall–Kier alpha value is -1.58. The molecule has 2 aliphatic rings. The third-order valence-corrected chi connectivity index (χ3v) is 5.19. The SMILES string of the molecule is CC1CCCCN1C(=O)NC(c1ccc(F)cc1)C1CCC1. The van der Waals surface area contributed by atoms with Gasteiger partial charge in [-0.1, -0.05) is 18.6 Å². The summed E-state index contributed by atoms with van der Waals surface area (Å²) in [6.07, 6.45) is 6.86. The fourth-order valence-electron chi connectivity index (χ4n) is 3.53. The normalized spacial score (nSPS) is 23.7. The molecule has 0 radical (unpaired) electrons. The zero-order valence-electron chi connectivity index (χ0n) is 13.2. The van der Waals surface area contributed by atoms with Crippen LogP contribution in [0.2, 0.25) is 0 Å². The molecule has 1 heterocycles. The first-order valence-corrected chi connectivity index (χ1v) is 8.48. The highest BCUT2D eigenvalue weighted by atomic mass is 19.1. The lowest BCUT2D eigenvalue weighted by atomic mass is 9.77. The van der Waals surface area contributed by atoms with Gasteiger partial charge in [0.1, 0.15) is 5.82 Å². The first-order valence-electron chi connectivity index (χ1n) is 8.48. The standard InChI is InChI=1S/C18H25FN2O/c1-13-5-2-3-12-21(13)18(22)20-17(14-6-4-7-14)15-8-10-16(19)11-9-15/h8-11,13-14,17H,2-7,12H2,1H3,(H,20,22). The number of carbonyl (C=O) groups is 1. The van der Waals surface area contributed by atoms with E-state index in [9.17, 15) is 9.18 Å². The van der Waals surface area contributed by atoms with E-state index >= 15 is 0 Å². The van der Waals surface area contributed by atoms with Gasteiger partial charge in [0, 0.05) is 12.6 Å². The topological polar surface area (TPSA) is 32.3 Å². The van der Waals surface area contributed by atoms with Crippen molar-refractivity contribution >= 4 is 6.03 Å². The van der Waals surface area contributed by atoms with Gasteiger partial charge in [0.15, 0.2) is 0 Å². The smallest absolute Gasteiger partial charge is 0.318 e. The fourth-order valence-corrected chi connectivity index (χ4v) is 3.53. The lowest BCUT2D eigenvalue weighted by Gasteiger charge is -2.38. The van der Waals surface area contributed by atoms with Crippen molar-refractivity contribution in [3.63, 3.8) is 0 Å². The predicted octanol–water partition coefficient (Wildman–Crippen LogP) is 4.25. The van der Waals surface area contributed by atoms with Crippen molar-refractivity contribution in [1.82, 2.24) is 10.2 Å². The molecule has 3 nitrogen and oxygen atoms in total. The van der Waals surface area contributed by atoms with E-state index in [4.69, 9.17) is 0 Å². The minimum Gasteiger partial charge on any atom is -0.331 e. The van der Waals surface area contributed by atoms with Crippen LogP contribution in [0.5, 0.6) is 0 Å². The number of hydrogen-bond donors (Lipinski definition) is 1. The summed E-state index contributed by atoms with van der Waals surface area (Å²) in [7, 11) is 0. The van der Waals surface area contributed by atoms with E-state index in [2.05, 4.69) is 12.2 Å². The van der Waals surface area contributed by atoms with Crippen LogP contribution < -0.4 is 5.32 Å². The second-order valence-corrected chi connectivity index (χ2v) is 6.71. The molecule has 2 amide bonds. The minimum absolute atomic E-state index is 0.0102. The van der Waals surface area contributed by atoms with Crippen molar-refractivity contribution in [1.29, 1.82) is 0 Å². The molecule has 1 aliphatic carbocycles. The van der Waals surface area contributed by atoms with Crippen LogP contribution >= 0.6 is 0 Å². The monoisotopic (exact) mass is 304 g/mol. The van der Waals surface area contributed by atoms with Crippen LogP contribution in [0.4, 0.5) is 9.18 Å². The maximum absolute atomic E-state index is 13.2. The van der Waals surface area contributed by atoms with Crippen LogP contribution in [-0.4, -0.2) is 23.5 Å². The predicted molar refractivity (Wildman–Crippen MR) is 85.0 cm³/mol. The van der Waals surface area contributed by atoms with Crippen molar-refractivity contribution in [2.75, 3.05) is 6.54 Å². The van der Waals surface area contributed by atoms with E-state index < -0.39 is 0 Å². The Morgan fingerprint density at radius 1 is 1.18 bits per heavy atom. The van der Waals surface area contributed by atoms with E-state index in [-0.39, 0.29) is 17.9 Å². The molecule has 1 saturated heterocycles. The van der Waals surface area contributed by atoms with E-state index in [1.807, 2.05) is 4.90 Å². The largest absolute Gasteiger partial charge is 0.331 e. The zero-order valence-corrected chi connectivity index (χ0v) is 13.2. The van der Waals surface area contributed by atoms with Gasteiger partial charge in [0.2, 0.25) is 0 Å². The number of hydrogen-bond acceptors (Lipinski definition) is 1. The third-order valence-electron chi connectivity index (χ3n) is 5.19. The van der Waals surface area contributed by atoms with Crippen LogP contribution in [0.3, 0.4) is 0 Å². The summed E-state index contributed by atoms with van der Waals surface area (Å²) in [5.41, 5.74) is 1.02. The molecule has 22 heavy (non-hydrogen) atoms. The van der Waals surface area contributed by atoms with Crippen LogP contribution in [0.1, 0.15) is 57.1 Å². The Morgan fingerprint density at radius 3 is 2.50 bits per heavy atom. The molecule has 1 aromatic rings. The number of likely N-dealkylation sites (tertiary alicyclic amines) is 1. The van der Waals surface area contributed by atoms with Crippen LogP contribution in [0, 0.1) is 11.7 Å². The van der Waals surface area contributed by atoms with Crippen molar-refractivity contribution in [2.45, 2.75) is 57.5 Å². The highest BCUT2D eigenvalue weighted by molar-refractivity contribution is 5.75. The summed E-state index contributed by atoms with van der Waals surface area (Å²) < 4.78 is 13.2. The molecule has 2 unspecified atom stereocenters. The van der Waals surface area contributed by atoms with Gasteiger partial charge in [-0.3, -0.25) is 0 Å². The molecule has 1 saturated carbocycles. The fraction of sp³-hybridized carbons (Fsp3) is 0.611. The van der Waals surface area contributed by atoms with Crippen molar-refractivity contribution < 1.29 is 9.18 Å². The highest BCUT2D eigenvalue weighted by Crippen LogP contribution is 2.38. The zero-order chi connectivity index (χ0) is 15.5. The average Bonchev–Trinajstić information content (AvgIpc) is 2.46. The Labute approximate surface area is 131 Å². The van der Waals surface area contributed by atoms with E-state index in [0.717, 1.165) is 37.8 Å². The molecule has 4 heteroatoms. The molecule has 1 N–H and O–H groups in total. The summed E-state index contributed by atoms with van der Waals surface area (Å²) in [5.74, 6) is 0.251. The van der Waals surface area contributed by atoms with Crippen LogP contribution in [0.25, 0.3) is 0 Å². The molecular weight excluding hydrogens is 279 g/mol. The van der Waals surface area contributed by atoms with Gasteiger partial charge in [-0.05, 0) is 62.6 Å². The Balaban J connectivity index is 1.72. The highest BCUT2D eigenvalue weighted by Gasteiger charge is 2.32. The van der Waals surface area contributed by atoms with Crippen molar-refractivity contribution in [2.24, 2.45) is 5.92 Å². The van der Waals surface area contributed by atoms with Crippen LogP contribution in [-0.2, 0) is 0 Å². The molecule has 3 rings (SSSR count). The molecule has 0 bridgehead atoms. The number of carbonyl (C=O) groups excluding carboxylic acids is 1. The number of rotatable bonds is 3. The third kappa shape index (κ3) is 3.26. The Kier molecular flexibility index (Phi) is 4.65. The minimum atomic E-state index is -0.230. The van der Waals surface area contributed by atoms with Gasteiger partial charge in [0.05, 0.1) is 6.04 Å². The summed E-state index contributed by atoms with van der Waals surface area (Å²) >= 11 is 0. The lowest BCUT2D eigenvalue weighted by molar-refractivity contribution is 0.144. The maximum atomic E-state index is 13.2. The number of nitrogens with zero attached hydrogens (tertiary/aromatic N) is 1. The summed E-state index contributed by atoms with van der Waals surface area (Å²) in [5, 5.41) is 3.22. The number of nitrogens with one attached hydrogen (secondary N) is 1. The molecular formula is C18H25FN2O. The molecule has 0 spiro atoms. The van der Waals surface area contributed by atoms with E-state index in [0.29, 0.717) is 12.0 Å². The first kappa shape index (κ1) is 15.3. The summed E-state index contributed by atoms with van der Waals surface area (Å²) in [4.78, 5) is 14.6. The summed E-state index contributed by atoms with van der Waals surface area (Å²) in [6.45, 7) is 2.96. The second kappa shape index (κ2) is 6.67. The maximum Gasteiger partial charge on any atom is 0.318 e. The van der Waals surface area contributed by atoms with Gasteiger partial charge in [-0.25, -0.2) is 9.18 Å². The number of benzene rings is 1. The van der Waals surface area contributed by atoms with Crippen LogP contribution in [0.15, 0.2) is 24.3 Å². The van der Waals surface area contributed by atoms with Gasteiger partial charge in [0.25, 0.3) is 0 Å². The van der Waals surface area contributed by atoms with Crippen molar-refractivity contribution in [3.8, 4) is 0 Å². The first-order chi connectivity index (χ1) is 10.6. The Bertz CT molecular complexity index is 512. The van der Waals surface area contributed by atoms with Crippen molar-refractivity contribution in [3.05, 3.63) is 35.6 Å². The molecule has 2 fully saturated rings. The molecule has 0 aromatic heterocycles. The van der Waals surface area contributed by atoms with Gasteiger partial charge in [-0.15, -0.1) is 0 Å². The van der Waals surface area contributed by atoms with Gasteiger partial charge < -0.3 is 10.2 Å². The van der Waals surface area contributed by atoms with E-state index in [1.54, 1.807) is 12.1 Å². The summed E-state index contributed by atoms with van der Waals surface area (Å²) in [6, 6.07) is 6.93. The number of halogens is 1. The lowest BCUT2D eigenvalue weighted by Crippen LogP contribution is -2.49. The van der Waals surface area contributed by atoms with Gasteiger partial charge >= 0.3 is 6.03 Å². The molecule has 2 atom stereocenters. The number of piperidine rings is 1. The van der Waals surface area contributed by atoms with E-state index in [1.165, 1.54) is 25.0 Å². The molecule has 1 aliphatic heterocycles. The number of amides is 2. The second-order valence-electron chi connectivity index (χ2n) is 6.71. The number of urea groups is 1. The quantitative estimate of drug-likeness (QED) is 0.889. The molecule has 120 valence electrons. The van der Waals surface area contributed by atoms with Gasteiger partial charge in [-0.2, -0.15) is 0 Å². The average molecular weight is 304 g/mol. The Morgan fingerprint density at radius 2 is 1.91 bits per heavy atom. The molecule has 1 aromatic carbocycles.